The number of thiophene rings is 1. The lowest BCUT2D eigenvalue weighted by Gasteiger charge is -2.35. The van der Waals surface area contributed by atoms with E-state index in [-0.39, 0.29) is 18.3 Å². The van der Waals surface area contributed by atoms with E-state index in [2.05, 4.69) is 9.64 Å². The van der Waals surface area contributed by atoms with Crippen molar-refractivity contribution in [1.82, 2.24) is 4.90 Å². The van der Waals surface area contributed by atoms with Crippen molar-refractivity contribution in [1.29, 1.82) is 0 Å². The zero-order valence-electron chi connectivity index (χ0n) is 21.0. The molecule has 0 saturated carbocycles. The summed E-state index contributed by atoms with van der Waals surface area (Å²) in [6.07, 6.45) is -3.55. The molecule has 0 N–H and O–H groups in total. The Morgan fingerprint density at radius 2 is 1.63 bits per heavy atom. The van der Waals surface area contributed by atoms with Crippen molar-refractivity contribution < 1.29 is 26.7 Å². The van der Waals surface area contributed by atoms with Crippen LogP contribution in [0.3, 0.4) is 0 Å². The van der Waals surface area contributed by atoms with Crippen molar-refractivity contribution in [3.8, 4) is 5.75 Å². The van der Waals surface area contributed by atoms with Crippen LogP contribution in [0.15, 0.2) is 78.9 Å². The number of fused-ring (bicyclic) bond motifs is 1. The molecule has 0 saturated heterocycles. The number of likely N-dealkylation sites (N-methyl/N-ethyl adjacent to an activating group) is 1. The smallest absolute Gasteiger partial charge is 0.573 e. The van der Waals surface area contributed by atoms with Gasteiger partial charge in [-0.2, -0.15) is 0 Å². The maximum atomic E-state index is 12.6. The predicted octanol–water partition coefficient (Wildman–Crippen LogP) is 6.49. The third-order valence-electron chi connectivity index (χ3n) is 6.45. The average molecular weight is 562 g/mol. The van der Waals surface area contributed by atoms with Crippen molar-refractivity contribution in [3.05, 3.63) is 95.6 Å². The molecular weight excluding hydrogens is 533 g/mol. The second-order valence-electron chi connectivity index (χ2n) is 9.07. The molecule has 38 heavy (non-hydrogen) atoms. The van der Waals surface area contributed by atoms with E-state index < -0.39 is 17.6 Å². The van der Waals surface area contributed by atoms with Gasteiger partial charge in [-0.3, -0.25) is 8.51 Å². The summed E-state index contributed by atoms with van der Waals surface area (Å²) in [4.78, 5) is 2.11. The molecule has 0 bridgehead atoms. The van der Waals surface area contributed by atoms with Gasteiger partial charge in [0, 0.05) is 35.1 Å². The number of rotatable bonds is 11. The Labute approximate surface area is 226 Å². The molecule has 3 aromatic carbocycles. The minimum Gasteiger partial charge on any atom is -0.755 e. The minimum absolute atomic E-state index is 0.190. The molecular formula is C28H28F3N2O3S2-. The van der Waals surface area contributed by atoms with E-state index in [9.17, 15) is 21.9 Å². The van der Waals surface area contributed by atoms with Gasteiger partial charge in [0.05, 0.1) is 0 Å². The van der Waals surface area contributed by atoms with Crippen molar-refractivity contribution in [3.63, 3.8) is 0 Å². The number of hydrogen-bond donors (Lipinski definition) is 0. The summed E-state index contributed by atoms with van der Waals surface area (Å²) in [5, 5.41) is 1.67. The summed E-state index contributed by atoms with van der Waals surface area (Å²) in [7, 11) is 1.94. The molecule has 2 unspecified atom stereocenters. The van der Waals surface area contributed by atoms with Gasteiger partial charge in [0.1, 0.15) is 10.8 Å². The van der Waals surface area contributed by atoms with Crippen LogP contribution in [0.4, 0.5) is 18.2 Å². The van der Waals surface area contributed by atoms with Crippen molar-refractivity contribution >= 4 is 37.7 Å². The Kier molecular flexibility index (Phi) is 9.09. The van der Waals surface area contributed by atoms with E-state index in [4.69, 9.17) is 0 Å². The van der Waals surface area contributed by atoms with Crippen LogP contribution in [-0.2, 0) is 24.1 Å². The van der Waals surface area contributed by atoms with Crippen LogP contribution in [0.1, 0.15) is 16.7 Å². The Balaban J connectivity index is 1.59. The highest BCUT2D eigenvalue weighted by Crippen LogP contribution is 2.38. The van der Waals surface area contributed by atoms with Crippen LogP contribution >= 0.6 is 11.3 Å². The van der Waals surface area contributed by atoms with Crippen LogP contribution in [-0.4, -0.2) is 46.2 Å². The van der Waals surface area contributed by atoms with Gasteiger partial charge in [-0.25, -0.2) is 0 Å². The molecule has 5 nitrogen and oxygen atoms in total. The second kappa shape index (κ2) is 12.3. The van der Waals surface area contributed by atoms with Crippen LogP contribution in [0, 0.1) is 6.92 Å². The van der Waals surface area contributed by atoms with E-state index in [1.54, 1.807) is 12.1 Å². The maximum Gasteiger partial charge on any atom is 0.573 e. The van der Waals surface area contributed by atoms with E-state index in [1.165, 1.54) is 27.8 Å². The van der Waals surface area contributed by atoms with Crippen LogP contribution in [0.25, 0.3) is 10.1 Å². The van der Waals surface area contributed by atoms with Gasteiger partial charge in [0.2, 0.25) is 0 Å². The first-order chi connectivity index (χ1) is 18.1. The van der Waals surface area contributed by atoms with Crippen LogP contribution in [0.2, 0.25) is 0 Å². The van der Waals surface area contributed by atoms with Crippen LogP contribution < -0.4 is 9.04 Å². The molecule has 0 aliphatic heterocycles. The number of nitrogens with zero attached hydrogens (tertiary/aromatic N) is 2. The predicted molar refractivity (Wildman–Crippen MR) is 146 cm³/mol. The van der Waals surface area contributed by atoms with Gasteiger partial charge < -0.3 is 14.2 Å². The SMILES string of the molecule is Cc1c(N(CC(Cc2ccc(OC(F)(F)F)cc2)N(C)CCc2ccccc2)S(=O)[O-])sc2ccccc12. The molecule has 0 amide bonds. The molecule has 1 aromatic heterocycles. The molecule has 2 atom stereocenters. The summed E-state index contributed by atoms with van der Waals surface area (Å²) in [6.45, 7) is 2.78. The Morgan fingerprint density at radius 1 is 0.974 bits per heavy atom. The number of anilines is 1. The molecule has 10 heteroatoms. The third kappa shape index (κ3) is 7.35. The normalized spacial score (nSPS) is 13.6. The minimum atomic E-state index is -4.76. The standard InChI is InChI=1S/C28H29F3N2O3S2/c1-20-25-10-6-7-11-26(25)37-27(20)33(38(34)35)19-23(32(2)17-16-21-8-4-3-5-9-21)18-22-12-14-24(15-13-22)36-28(29,30)31/h3-15,23H,16-19H2,1-2H3,(H,34,35)/p-1. The van der Waals surface area contributed by atoms with Crippen molar-refractivity contribution in [2.24, 2.45) is 0 Å². The lowest BCUT2D eigenvalue weighted by Crippen LogP contribution is -2.45. The zero-order chi connectivity index (χ0) is 27.3. The number of halogens is 3. The molecule has 0 aliphatic carbocycles. The summed E-state index contributed by atoms with van der Waals surface area (Å²) in [6, 6.07) is 23.3. The maximum absolute atomic E-state index is 12.6. The first-order valence-electron chi connectivity index (χ1n) is 12.0. The highest BCUT2D eigenvalue weighted by molar-refractivity contribution is 7.81. The van der Waals surface area contributed by atoms with E-state index in [0.29, 0.717) is 18.0 Å². The monoisotopic (exact) mass is 561 g/mol. The molecule has 4 rings (SSSR count). The third-order valence-corrected chi connectivity index (χ3v) is 8.55. The Morgan fingerprint density at radius 3 is 2.26 bits per heavy atom. The average Bonchev–Trinajstić information content (AvgIpc) is 3.21. The zero-order valence-corrected chi connectivity index (χ0v) is 22.6. The quantitative estimate of drug-likeness (QED) is 0.196. The largest absolute Gasteiger partial charge is 0.755 e. The fourth-order valence-corrected chi connectivity index (χ4v) is 6.38. The summed E-state index contributed by atoms with van der Waals surface area (Å²) < 4.78 is 69.1. The van der Waals surface area contributed by atoms with Gasteiger partial charge in [0.25, 0.3) is 0 Å². The van der Waals surface area contributed by atoms with E-state index in [1.807, 2.05) is 68.6 Å². The molecule has 202 valence electrons. The topological polar surface area (TPSA) is 55.8 Å². The van der Waals surface area contributed by atoms with Gasteiger partial charge in [-0.05, 0) is 67.1 Å². The molecule has 0 aliphatic rings. The fourth-order valence-electron chi connectivity index (χ4n) is 4.39. The van der Waals surface area contributed by atoms with Crippen molar-refractivity contribution in [2.75, 3.05) is 24.4 Å². The summed E-state index contributed by atoms with van der Waals surface area (Å²) in [5.41, 5.74) is 2.84. The van der Waals surface area contributed by atoms with Gasteiger partial charge in [-0.15, -0.1) is 24.5 Å². The summed E-state index contributed by atoms with van der Waals surface area (Å²) >= 11 is -1.09. The number of alkyl halides is 3. The number of hydrogen-bond acceptors (Lipinski definition) is 5. The second-order valence-corrected chi connectivity index (χ2v) is 11.0. The molecule has 0 radical (unpaired) electrons. The highest BCUT2D eigenvalue weighted by atomic mass is 32.2. The Bertz CT molecular complexity index is 1360. The molecule has 0 spiro atoms. The first kappa shape index (κ1) is 28.1. The van der Waals surface area contributed by atoms with Gasteiger partial charge in [0.15, 0.2) is 0 Å². The fraction of sp³-hybridized carbons (Fsp3) is 0.286. The molecule has 0 fully saturated rings. The molecule has 1 heterocycles. The van der Waals surface area contributed by atoms with Crippen LogP contribution in [0.5, 0.6) is 5.75 Å². The van der Waals surface area contributed by atoms with Gasteiger partial charge in [-0.1, -0.05) is 60.7 Å². The van der Waals surface area contributed by atoms with E-state index >= 15 is 0 Å². The first-order valence-corrected chi connectivity index (χ1v) is 13.9. The van der Waals surface area contributed by atoms with Crippen molar-refractivity contribution in [2.45, 2.75) is 32.2 Å². The van der Waals surface area contributed by atoms with E-state index in [0.717, 1.165) is 33.2 Å². The number of ether oxygens (including phenoxy) is 1. The number of benzene rings is 3. The lowest BCUT2D eigenvalue weighted by molar-refractivity contribution is -0.274. The van der Waals surface area contributed by atoms with Gasteiger partial charge >= 0.3 is 6.36 Å². The Hall–Kier alpha value is -2.92. The highest BCUT2D eigenvalue weighted by Gasteiger charge is 2.31. The molecule has 4 aromatic rings. The number of aryl methyl sites for hydroxylation is 1. The summed E-state index contributed by atoms with van der Waals surface area (Å²) in [5.74, 6) is -0.293. The lowest BCUT2D eigenvalue weighted by atomic mass is 10.0.